The van der Waals surface area contributed by atoms with Gasteiger partial charge < -0.3 is 5.32 Å². The summed E-state index contributed by atoms with van der Waals surface area (Å²) in [4.78, 5) is 2.82. The van der Waals surface area contributed by atoms with Crippen molar-refractivity contribution < 1.29 is 0 Å². The lowest BCUT2D eigenvalue weighted by molar-refractivity contribution is 0.0545. The fourth-order valence-electron chi connectivity index (χ4n) is 4.32. The summed E-state index contributed by atoms with van der Waals surface area (Å²) in [5.41, 5.74) is 0.469. The van der Waals surface area contributed by atoms with E-state index in [9.17, 15) is 0 Å². The molecule has 1 saturated heterocycles. The van der Waals surface area contributed by atoms with Crippen LogP contribution in [0.1, 0.15) is 73.1 Å². The maximum absolute atomic E-state index is 3.85. The highest BCUT2D eigenvalue weighted by atomic mass is 15.2. The standard InChI is InChI=1S/C18H36N2/c1-6-11-19-16-10-9-15(18(3,4)5)13-17(16)20-12-7-8-14(20)2/h14-17,19H,6-13H2,1-5H3. The number of hydrogen-bond acceptors (Lipinski definition) is 2. The molecular formula is C18H36N2. The van der Waals surface area contributed by atoms with Crippen molar-refractivity contribution in [1.82, 2.24) is 10.2 Å². The summed E-state index contributed by atoms with van der Waals surface area (Å²) in [7, 11) is 0. The van der Waals surface area contributed by atoms with Crippen molar-refractivity contribution in [2.45, 2.75) is 91.3 Å². The first-order valence-corrected chi connectivity index (χ1v) is 8.92. The molecule has 118 valence electrons. The molecule has 0 spiro atoms. The van der Waals surface area contributed by atoms with Crippen molar-refractivity contribution in [2.24, 2.45) is 11.3 Å². The number of likely N-dealkylation sites (tertiary alicyclic amines) is 1. The molecule has 1 heterocycles. The van der Waals surface area contributed by atoms with E-state index in [-0.39, 0.29) is 0 Å². The Labute approximate surface area is 126 Å². The zero-order valence-electron chi connectivity index (χ0n) is 14.4. The molecule has 0 aromatic carbocycles. The van der Waals surface area contributed by atoms with Crippen LogP contribution in [0, 0.1) is 11.3 Å². The van der Waals surface area contributed by atoms with Crippen LogP contribution in [0.15, 0.2) is 0 Å². The van der Waals surface area contributed by atoms with Gasteiger partial charge in [-0.3, -0.25) is 4.90 Å². The Morgan fingerprint density at radius 1 is 1.15 bits per heavy atom. The van der Waals surface area contributed by atoms with E-state index in [1.165, 1.54) is 51.6 Å². The van der Waals surface area contributed by atoms with Crippen molar-refractivity contribution >= 4 is 0 Å². The van der Waals surface area contributed by atoms with Crippen molar-refractivity contribution in [3.63, 3.8) is 0 Å². The van der Waals surface area contributed by atoms with Crippen molar-refractivity contribution in [2.75, 3.05) is 13.1 Å². The molecule has 0 amide bonds. The summed E-state index contributed by atoms with van der Waals surface area (Å²) < 4.78 is 0. The summed E-state index contributed by atoms with van der Waals surface area (Å²) in [5, 5.41) is 3.85. The van der Waals surface area contributed by atoms with E-state index in [2.05, 4.69) is 44.8 Å². The molecule has 2 fully saturated rings. The summed E-state index contributed by atoms with van der Waals surface area (Å²) in [6.45, 7) is 14.5. The van der Waals surface area contributed by atoms with E-state index < -0.39 is 0 Å². The topological polar surface area (TPSA) is 15.3 Å². The highest BCUT2D eigenvalue weighted by molar-refractivity contribution is 4.96. The van der Waals surface area contributed by atoms with E-state index >= 15 is 0 Å². The van der Waals surface area contributed by atoms with Gasteiger partial charge in [-0.25, -0.2) is 0 Å². The van der Waals surface area contributed by atoms with Crippen molar-refractivity contribution in [3.05, 3.63) is 0 Å². The Morgan fingerprint density at radius 3 is 2.45 bits per heavy atom. The number of hydrogen-bond donors (Lipinski definition) is 1. The van der Waals surface area contributed by atoms with E-state index in [0.29, 0.717) is 5.41 Å². The van der Waals surface area contributed by atoms with Gasteiger partial charge in [0.25, 0.3) is 0 Å². The van der Waals surface area contributed by atoms with Gasteiger partial charge in [-0.1, -0.05) is 27.7 Å². The maximum Gasteiger partial charge on any atom is 0.0254 e. The molecule has 0 bridgehead atoms. The highest BCUT2D eigenvalue weighted by Gasteiger charge is 2.40. The Kier molecular flexibility index (Phi) is 5.53. The van der Waals surface area contributed by atoms with Crippen molar-refractivity contribution in [1.29, 1.82) is 0 Å². The summed E-state index contributed by atoms with van der Waals surface area (Å²) >= 11 is 0. The fourth-order valence-corrected chi connectivity index (χ4v) is 4.32. The van der Waals surface area contributed by atoms with Gasteiger partial charge >= 0.3 is 0 Å². The van der Waals surface area contributed by atoms with Crippen LogP contribution in [-0.2, 0) is 0 Å². The minimum atomic E-state index is 0.469. The molecule has 2 aliphatic rings. The predicted molar refractivity (Wildman–Crippen MR) is 88.1 cm³/mol. The van der Waals surface area contributed by atoms with Gasteiger partial charge in [-0.2, -0.15) is 0 Å². The molecule has 1 N–H and O–H groups in total. The van der Waals surface area contributed by atoms with Gasteiger partial charge in [-0.05, 0) is 69.9 Å². The van der Waals surface area contributed by atoms with Crippen LogP contribution in [-0.4, -0.2) is 36.1 Å². The van der Waals surface area contributed by atoms with Crippen LogP contribution < -0.4 is 5.32 Å². The van der Waals surface area contributed by atoms with E-state index in [1.54, 1.807) is 0 Å². The Hall–Kier alpha value is -0.0800. The molecule has 4 unspecified atom stereocenters. The normalized spacial score (nSPS) is 36.5. The third-order valence-electron chi connectivity index (χ3n) is 5.73. The van der Waals surface area contributed by atoms with E-state index in [4.69, 9.17) is 0 Å². The molecule has 4 atom stereocenters. The molecule has 20 heavy (non-hydrogen) atoms. The second kappa shape index (κ2) is 6.79. The lowest BCUT2D eigenvalue weighted by Crippen LogP contribution is -2.55. The summed E-state index contributed by atoms with van der Waals surface area (Å²) in [6.07, 6.45) is 8.23. The van der Waals surface area contributed by atoms with Crippen LogP contribution >= 0.6 is 0 Å². The van der Waals surface area contributed by atoms with Crippen LogP contribution in [0.25, 0.3) is 0 Å². The first-order chi connectivity index (χ1) is 9.43. The van der Waals surface area contributed by atoms with Crippen LogP contribution in [0.4, 0.5) is 0 Å². The highest BCUT2D eigenvalue weighted by Crippen LogP contribution is 2.40. The van der Waals surface area contributed by atoms with E-state index in [1.807, 2.05) is 0 Å². The Balaban J connectivity index is 2.06. The largest absolute Gasteiger partial charge is 0.312 e. The van der Waals surface area contributed by atoms with Gasteiger partial charge in [-0.15, -0.1) is 0 Å². The van der Waals surface area contributed by atoms with Gasteiger partial charge in [0.2, 0.25) is 0 Å². The lowest BCUT2D eigenvalue weighted by Gasteiger charge is -2.46. The molecular weight excluding hydrogens is 244 g/mol. The maximum atomic E-state index is 3.85. The lowest BCUT2D eigenvalue weighted by atomic mass is 9.69. The molecule has 2 rings (SSSR count). The minimum Gasteiger partial charge on any atom is -0.312 e. The SMILES string of the molecule is CCCNC1CCC(C(C)(C)C)CC1N1CCCC1C. The quantitative estimate of drug-likeness (QED) is 0.835. The number of rotatable bonds is 4. The predicted octanol–water partition coefficient (Wildman–Crippen LogP) is 4.05. The first-order valence-electron chi connectivity index (χ1n) is 8.92. The monoisotopic (exact) mass is 280 g/mol. The third-order valence-corrected chi connectivity index (χ3v) is 5.73. The minimum absolute atomic E-state index is 0.469. The number of nitrogens with zero attached hydrogens (tertiary/aromatic N) is 1. The zero-order valence-corrected chi connectivity index (χ0v) is 14.4. The summed E-state index contributed by atoms with van der Waals surface area (Å²) in [6, 6.07) is 2.30. The molecule has 0 radical (unpaired) electrons. The van der Waals surface area contributed by atoms with Gasteiger partial charge in [0.05, 0.1) is 0 Å². The molecule has 0 aromatic rings. The van der Waals surface area contributed by atoms with Crippen molar-refractivity contribution in [3.8, 4) is 0 Å². The molecule has 2 nitrogen and oxygen atoms in total. The van der Waals surface area contributed by atoms with Gasteiger partial charge in [0.1, 0.15) is 0 Å². The molecule has 1 aliphatic carbocycles. The third kappa shape index (κ3) is 3.76. The zero-order chi connectivity index (χ0) is 14.8. The Bertz CT molecular complexity index is 294. The van der Waals surface area contributed by atoms with E-state index in [0.717, 1.165) is 24.0 Å². The first kappa shape index (κ1) is 16.3. The molecule has 2 heteroatoms. The van der Waals surface area contributed by atoms with Crippen LogP contribution in [0.2, 0.25) is 0 Å². The second-order valence-corrected chi connectivity index (χ2v) is 8.23. The molecule has 1 aliphatic heterocycles. The van der Waals surface area contributed by atoms with Gasteiger partial charge in [0, 0.05) is 18.1 Å². The second-order valence-electron chi connectivity index (χ2n) is 8.23. The average molecular weight is 280 g/mol. The smallest absolute Gasteiger partial charge is 0.0254 e. The molecule has 1 saturated carbocycles. The molecule has 0 aromatic heterocycles. The fraction of sp³-hybridized carbons (Fsp3) is 1.00. The Morgan fingerprint density at radius 2 is 1.90 bits per heavy atom. The van der Waals surface area contributed by atoms with Gasteiger partial charge in [0.15, 0.2) is 0 Å². The summed E-state index contributed by atoms with van der Waals surface area (Å²) in [5.74, 6) is 0.889. The van der Waals surface area contributed by atoms with Crippen LogP contribution in [0.3, 0.4) is 0 Å². The van der Waals surface area contributed by atoms with Crippen LogP contribution in [0.5, 0.6) is 0 Å². The average Bonchev–Trinajstić information content (AvgIpc) is 2.81. The number of nitrogens with one attached hydrogen (secondary N) is 1.